The number of piperazine rings is 1. The molecule has 0 unspecified atom stereocenters. The zero-order valence-corrected chi connectivity index (χ0v) is 17.4. The molecule has 1 heterocycles. The highest BCUT2D eigenvalue weighted by molar-refractivity contribution is 9.10. The van der Waals surface area contributed by atoms with Gasteiger partial charge in [-0.1, -0.05) is 15.9 Å². The van der Waals surface area contributed by atoms with E-state index in [2.05, 4.69) is 20.7 Å². The van der Waals surface area contributed by atoms with Gasteiger partial charge < -0.3 is 14.4 Å². The summed E-state index contributed by atoms with van der Waals surface area (Å²) in [5.41, 5.74) is -0.142. The van der Waals surface area contributed by atoms with Crippen molar-refractivity contribution in [3.05, 3.63) is 28.2 Å². The van der Waals surface area contributed by atoms with Crippen LogP contribution in [0.25, 0.3) is 0 Å². The Balaban J connectivity index is 2.05. The minimum atomic E-state index is -4.75. The van der Waals surface area contributed by atoms with Crippen molar-refractivity contribution < 1.29 is 27.4 Å². The van der Waals surface area contributed by atoms with E-state index in [-0.39, 0.29) is 24.4 Å². The van der Waals surface area contributed by atoms with Crippen molar-refractivity contribution in [2.24, 2.45) is 0 Å². The van der Waals surface area contributed by atoms with Gasteiger partial charge in [-0.2, -0.15) is 0 Å². The highest BCUT2D eigenvalue weighted by Crippen LogP contribution is 2.30. The predicted octanol–water partition coefficient (Wildman–Crippen LogP) is 4.79. The molecule has 1 aromatic rings. The Labute approximate surface area is 165 Å². The van der Waals surface area contributed by atoms with Crippen LogP contribution in [0.4, 0.5) is 18.0 Å². The fourth-order valence-electron chi connectivity index (χ4n) is 2.84. The third-order valence-electron chi connectivity index (χ3n) is 4.04. The van der Waals surface area contributed by atoms with Gasteiger partial charge >= 0.3 is 12.5 Å². The first kappa shape index (κ1) is 21.8. The molecule has 0 saturated carbocycles. The molecule has 0 N–H and O–H groups in total. The number of rotatable bonds is 3. The summed E-state index contributed by atoms with van der Waals surface area (Å²) in [4.78, 5) is 15.9. The molecule has 1 aliphatic heterocycles. The second-order valence-corrected chi connectivity index (χ2v) is 8.46. The molecule has 2 rings (SSSR count). The van der Waals surface area contributed by atoms with Gasteiger partial charge in [-0.15, -0.1) is 13.2 Å². The molecule has 0 aromatic heterocycles. The quantitative estimate of drug-likeness (QED) is 0.660. The predicted molar refractivity (Wildman–Crippen MR) is 98.5 cm³/mol. The summed E-state index contributed by atoms with van der Waals surface area (Å²) >= 11 is 3.29. The molecule has 0 bridgehead atoms. The lowest BCUT2D eigenvalue weighted by molar-refractivity contribution is -0.275. The largest absolute Gasteiger partial charge is 0.573 e. The first-order chi connectivity index (χ1) is 12.3. The number of nitrogens with zero attached hydrogens (tertiary/aromatic N) is 2. The number of hydrogen-bond acceptors (Lipinski definition) is 4. The molecule has 5 nitrogen and oxygen atoms in total. The Morgan fingerprint density at radius 3 is 2.48 bits per heavy atom. The third kappa shape index (κ3) is 6.88. The lowest BCUT2D eigenvalue weighted by Crippen LogP contribution is -2.54. The normalized spacial score (nSPS) is 19.1. The maximum absolute atomic E-state index is 12.6. The summed E-state index contributed by atoms with van der Waals surface area (Å²) in [6.45, 7) is 9.05. The minimum absolute atomic E-state index is 0.0380. The van der Waals surface area contributed by atoms with Gasteiger partial charge in [-0.25, -0.2) is 4.79 Å². The van der Waals surface area contributed by atoms with Crippen LogP contribution in [0.15, 0.2) is 22.7 Å². The van der Waals surface area contributed by atoms with Crippen LogP contribution in [0.5, 0.6) is 5.75 Å². The van der Waals surface area contributed by atoms with Gasteiger partial charge in [0, 0.05) is 42.3 Å². The number of carbonyl (C=O) groups excluding carboxylic acids is 1. The van der Waals surface area contributed by atoms with Gasteiger partial charge in [0.25, 0.3) is 0 Å². The molecule has 1 amide bonds. The number of halogens is 4. The zero-order chi connectivity index (χ0) is 20.4. The van der Waals surface area contributed by atoms with Gasteiger partial charge in [0.15, 0.2) is 0 Å². The number of carbonyl (C=O) groups is 1. The van der Waals surface area contributed by atoms with E-state index in [0.717, 1.165) is 0 Å². The maximum Gasteiger partial charge on any atom is 0.573 e. The molecular formula is C18H24BrF3N2O3. The van der Waals surface area contributed by atoms with Crippen LogP contribution < -0.4 is 4.74 Å². The van der Waals surface area contributed by atoms with Crippen molar-refractivity contribution >= 4 is 22.0 Å². The van der Waals surface area contributed by atoms with Crippen LogP contribution >= 0.6 is 15.9 Å². The van der Waals surface area contributed by atoms with Crippen LogP contribution in [-0.4, -0.2) is 53.5 Å². The molecule has 0 spiro atoms. The second kappa shape index (κ2) is 8.26. The lowest BCUT2D eigenvalue weighted by atomic mass is 10.1. The van der Waals surface area contributed by atoms with E-state index in [0.29, 0.717) is 29.7 Å². The molecule has 0 radical (unpaired) electrons. The number of alkyl halides is 3. The molecule has 1 aliphatic rings. The van der Waals surface area contributed by atoms with Crippen LogP contribution in [0.1, 0.15) is 33.3 Å². The van der Waals surface area contributed by atoms with Gasteiger partial charge in [-0.05, 0) is 45.9 Å². The van der Waals surface area contributed by atoms with E-state index < -0.39 is 12.0 Å². The number of ether oxygens (including phenoxy) is 2. The molecular weight excluding hydrogens is 429 g/mol. The fraction of sp³-hybridized carbons (Fsp3) is 0.611. The number of benzene rings is 1. The van der Waals surface area contributed by atoms with Gasteiger partial charge in [0.1, 0.15) is 11.4 Å². The van der Waals surface area contributed by atoms with E-state index in [4.69, 9.17) is 4.74 Å². The fourth-order valence-corrected chi connectivity index (χ4v) is 3.25. The Kier molecular flexibility index (Phi) is 6.68. The Morgan fingerprint density at radius 2 is 1.93 bits per heavy atom. The first-order valence-electron chi connectivity index (χ1n) is 8.60. The SMILES string of the molecule is C[C@H]1CN(C(=O)OC(C)(C)C)CCN1Cc1cc(Br)ccc1OC(F)(F)F. The molecule has 9 heteroatoms. The highest BCUT2D eigenvalue weighted by Gasteiger charge is 2.33. The van der Waals surface area contributed by atoms with Crippen LogP contribution in [0, 0.1) is 0 Å². The van der Waals surface area contributed by atoms with Gasteiger partial charge in [-0.3, -0.25) is 4.90 Å². The number of amides is 1. The van der Waals surface area contributed by atoms with Crippen molar-refractivity contribution in [2.45, 2.75) is 52.2 Å². The molecule has 0 aliphatic carbocycles. The van der Waals surface area contributed by atoms with E-state index in [1.807, 2.05) is 11.8 Å². The van der Waals surface area contributed by atoms with Gasteiger partial charge in [0.05, 0.1) is 0 Å². The molecule has 1 atom stereocenters. The highest BCUT2D eigenvalue weighted by atomic mass is 79.9. The maximum atomic E-state index is 12.6. The monoisotopic (exact) mass is 452 g/mol. The van der Waals surface area contributed by atoms with Crippen molar-refractivity contribution in [1.82, 2.24) is 9.80 Å². The Hall–Kier alpha value is -1.48. The molecule has 1 aromatic carbocycles. The van der Waals surface area contributed by atoms with E-state index in [9.17, 15) is 18.0 Å². The summed E-state index contributed by atoms with van der Waals surface area (Å²) in [5.74, 6) is -0.215. The standard InChI is InChI=1S/C18H24BrF3N2O3/c1-12-10-24(16(25)27-17(2,3)4)8-7-23(12)11-13-9-14(19)5-6-15(13)26-18(20,21)22/h5-6,9,12H,7-8,10-11H2,1-4H3/t12-/m0/s1. The summed E-state index contributed by atoms with van der Waals surface area (Å²) < 4.78 is 48.1. The molecule has 1 fully saturated rings. The summed E-state index contributed by atoms with van der Waals surface area (Å²) in [7, 11) is 0. The summed E-state index contributed by atoms with van der Waals surface area (Å²) in [6, 6.07) is 4.39. The average Bonchev–Trinajstić information content (AvgIpc) is 2.49. The molecule has 1 saturated heterocycles. The molecule has 27 heavy (non-hydrogen) atoms. The van der Waals surface area contributed by atoms with Crippen molar-refractivity contribution in [2.75, 3.05) is 19.6 Å². The average molecular weight is 453 g/mol. The molecule has 152 valence electrons. The van der Waals surface area contributed by atoms with Crippen molar-refractivity contribution in [1.29, 1.82) is 0 Å². The van der Waals surface area contributed by atoms with E-state index in [1.165, 1.54) is 12.1 Å². The Morgan fingerprint density at radius 1 is 1.26 bits per heavy atom. The first-order valence-corrected chi connectivity index (χ1v) is 9.39. The van der Waals surface area contributed by atoms with E-state index >= 15 is 0 Å². The van der Waals surface area contributed by atoms with Crippen LogP contribution in [-0.2, 0) is 11.3 Å². The van der Waals surface area contributed by atoms with E-state index in [1.54, 1.807) is 31.7 Å². The summed E-state index contributed by atoms with van der Waals surface area (Å²) in [5, 5.41) is 0. The second-order valence-electron chi connectivity index (χ2n) is 7.55. The van der Waals surface area contributed by atoms with Gasteiger partial charge in [0.2, 0.25) is 0 Å². The zero-order valence-electron chi connectivity index (χ0n) is 15.8. The van der Waals surface area contributed by atoms with Crippen LogP contribution in [0.3, 0.4) is 0 Å². The third-order valence-corrected chi connectivity index (χ3v) is 4.53. The number of hydrogen-bond donors (Lipinski definition) is 0. The van der Waals surface area contributed by atoms with Crippen molar-refractivity contribution in [3.63, 3.8) is 0 Å². The topological polar surface area (TPSA) is 42.0 Å². The van der Waals surface area contributed by atoms with Crippen LogP contribution in [0.2, 0.25) is 0 Å². The Bertz CT molecular complexity index is 677. The van der Waals surface area contributed by atoms with Crippen molar-refractivity contribution in [3.8, 4) is 5.75 Å². The minimum Gasteiger partial charge on any atom is -0.444 e. The lowest BCUT2D eigenvalue weighted by Gasteiger charge is -2.40. The smallest absolute Gasteiger partial charge is 0.444 e. The summed E-state index contributed by atoms with van der Waals surface area (Å²) in [6.07, 6.45) is -5.12.